The molecule has 3 rings (SSSR count). The van der Waals surface area contributed by atoms with E-state index in [-0.39, 0.29) is 40.2 Å². The minimum atomic E-state index is -3.99. The predicted molar refractivity (Wildman–Crippen MR) is 157 cm³/mol. The van der Waals surface area contributed by atoms with Gasteiger partial charge in [-0.25, -0.2) is 12.8 Å². The largest absolute Gasteiger partial charge is 0.354 e. The second-order valence-electron chi connectivity index (χ2n) is 9.85. The van der Waals surface area contributed by atoms with Gasteiger partial charge in [-0.1, -0.05) is 85.6 Å². The maximum Gasteiger partial charge on any atom is 0.244 e. The third-order valence-electron chi connectivity index (χ3n) is 6.07. The van der Waals surface area contributed by atoms with E-state index >= 15 is 0 Å². The lowest BCUT2D eigenvalue weighted by atomic mass is 10.0. The molecule has 40 heavy (non-hydrogen) atoms. The van der Waals surface area contributed by atoms with Crippen LogP contribution in [0.25, 0.3) is 0 Å². The number of hydrogen-bond donors (Lipinski definition) is 1. The third-order valence-corrected chi connectivity index (χ3v) is 7.65. The molecular weight excluding hydrogens is 576 g/mol. The van der Waals surface area contributed by atoms with E-state index < -0.39 is 40.2 Å². The van der Waals surface area contributed by atoms with Crippen LogP contribution in [0.3, 0.4) is 0 Å². The van der Waals surface area contributed by atoms with Gasteiger partial charge in [0.05, 0.1) is 11.9 Å². The molecule has 1 N–H and O–H groups in total. The van der Waals surface area contributed by atoms with Gasteiger partial charge in [-0.05, 0) is 35.7 Å². The van der Waals surface area contributed by atoms with Crippen LogP contribution in [-0.2, 0) is 32.6 Å². The molecule has 0 saturated heterocycles. The van der Waals surface area contributed by atoms with Crippen molar-refractivity contribution in [2.45, 2.75) is 32.9 Å². The van der Waals surface area contributed by atoms with E-state index in [2.05, 4.69) is 5.32 Å². The van der Waals surface area contributed by atoms with Crippen molar-refractivity contribution in [1.29, 1.82) is 0 Å². The van der Waals surface area contributed by atoms with Gasteiger partial charge in [0.15, 0.2) is 0 Å². The number of anilines is 1. The number of carbonyl (C=O) groups excluding carboxylic acids is 2. The first-order chi connectivity index (χ1) is 18.8. The molecule has 0 aliphatic heterocycles. The summed E-state index contributed by atoms with van der Waals surface area (Å²) >= 11 is 12.2. The molecule has 0 radical (unpaired) electrons. The van der Waals surface area contributed by atoms with E-state index in [9.17, 15) is 22.4 Å². The average molecular weight is 609 g/mol. The Morgan fingerprint density at radius 3 is 2.12 bits per heavy atom. The van der Waals surface area contributed by atoms with Gasteiger partial charge in [0.25, 0.3) is 0 Å². The van der Waals surface area contributed by atoms with Gasteiger partial charge in [-0.3, -0.25) is 13.9 Å². The van der Waals surface area contributed by atoms with Crippen LogP contribution in [0.1, 0.15) is 25.0 Å². The van der Waals surface area contributed by atoms with Crippen molar-refractivity contribution in [3.63, 3.8) is 0 Å². The topological polar surface area (TPSA) is 86.8 Å². The predicted octanol–water partition coefficient (Wildman–Crippen LogP) is 5.31. The summed E-state index contributed by atoms with van der Waals surface area (Å²) in [6.45, 7) is 3.32. The molecule has 0 fully saturated rings. The quantitative estimate of drug-likeness (QED) is 0.302. The number of sulfonamides is 1. The zero-order valence-corrected chi connectivity index (χ0v) is 24.8. The Bertz CT molecular complexity index is 1420. The number of amides is 2. The van der Waals surface area contributed by atoms with Crippen molar-refractivity contribution in [1.82, 2.24) is 10.2 Å². The van der Waals surface area contributed by atoms with Crippen molar-refractivity contribution < 1.29 is 22.4 Å². The van der Waals surface area contributed by atoms with Crippen molar-refractivity contribution >= 4 is 50.7 Å². The second kappa shape index (κ2) is 14.0. The molecule has 0 aromatic heterocycles. The molecule has 0 unspecified atom stereocenters. The van der Waals surface area contributed by atoms with Crippen LogP contribution >= 0.6 is 23.2 Å². The SMILES string of the molecule is CC(C)CNC(=O)[C@@H](Cc1ccccc1)N(Cc1ccccc1F)C(=O)CN(c1cc(Cl)cc(Cl)c1)S(C)(=O)=O. The highest BCUT2D eigenvalue weighted by atomic mass is 35.5. The molecule has 7 nitrogen and oxygen atoms in total. The molecule has 214 valence electrons. The van der Waals surface area contributed by atoms with Crippen LogP contribution in [0, 0.1) is 11.7 Å². The molecule has 1 atom stereocenters. The molecule has 0 saturated carbocycles. The molecular formula is C29H32Cl2FN3O4S. The monoisotopic (exact) mass is 607 g/mol. The summed E-state index contributed by atoms with van der Waals surface area (Å²) in [5.41, 5.74) is 1.05. The summed E-state index contributed by atoms with van der Waals surface area (Å²) in [5, 5.41) is 3.24. The minimum absolute atomic E-state index is 0.0862. The molecule has 0 spiro atoms. The molecule has 11 heteroatoms. The highest BCUT2D eigenvalue weighted by molar-refractivity contribution is 7.92. The molecule has 0 aliphatic rings. The van der Waals surface area contributed by atoms with Crippen LogP contribution in [-0.4, -0.2) is 50.5 Å². The number of hydrogen-bond acceptors (Lipinski definition) is 4. The first-order valence-electron chi connectivity index (χ1n) is 12.6. The van der Waals surface area contributed by atoms with E-state index in [1.165, 1.54) is 41.3 Å². The lowest BCUT2D eigenvalue weighted by Crippen LogP contribution is -2.53. The van der Waals surface area contributed by atoms with Gasteiger partial charge in [-0.2, -0.15) is 0 Å². The maximum absolute atomic E-state index is 14.8. The minimum Gasteiger partial charge on any atom is -0.354 e. The van der Waals surface area contributed by atoms with E-state index in [1.807, 2.05) is 44.2 Å². The van der Waals surface area contributed by atoms with Crippen molar-refractivity contribution in [3.8, 4) is 0 Å². The standard InChI is InChI=1S/C29H32Cl2FN3O4S/c1-20(2)17-33-29(37)27(13-21-9-5-4-6-10-21)34(18-22-11-7-8-12-26(22)32)28(36)19-35(40(3,38)39)25-15-23(30)14-24(31)16-25/h4-12,14-16,20,27H,13,17-19H2,1-3H3,(H,33,37)/t27-/m1/s1. The lowest BCUT2D eigenvalue weighted by Gasteiger charge is -2.33. The zero-order chi connectivity index (χ0) is 29.4. The Labute approximate surface area is 244 Å². The normalized spacial score (nSPS) is 12.2. The molecule has 3 aromatic rings. The first kappa shape index (κ1) is 31.4. The maximum atomic E-state index is 14.8. The number of halogens is 3. The molecule has 3 aromatic carbocycles. The number of benzene rings is 3. The van der Waals surface area contributed by atoms with E-state index in [0.29, 0.717) is 6.54 Å². The van der Waals surface area contributed by atoms with E-state index in [0.717, 1.165) is 16.1 Å². The molecule has 2 amide bonds. The summed E-state index contributed by atoms with van der Waals surface area (Å²) < 4.78 is 41.3. The fourth-order valence-corrected chi connectivity index (χ4v) is 5.43. The Kier molecular flexibility index (Phi) is 11.0. The molecule has 0 heterocycles. The first-order valence-corrected chi connectivity index (χ1v) is 15.2. The molecule has 0 bridgehead atoms. The van der Waals surface area contributed by atoms with E-state index in [4.69, 9.17) is 23.2 Å². The van der Waals surface area contributed by atoms with Crippen molar-refractivity contribution in [2.75, 3.05) is 23.7 Å². The Morgan fingerprint density at radius 1 is 0.950 bits per heavy atom. The second-order valence-corrected chi connectivity index (χ2v) is 12.6. The number of nitrogens with zero attached hydrogens (tertiary/aromatic N) is 2. The van der Waals surface area contributed by atoms with Gasteiger partial charge in [0.1, 0.15) is 18.4 Å². The van der Waals surface area contributed by atoms with Crippen LogP contribution in [0.4, 0.5) is 10.1 Å². The zero-order valence-electron chi connectivity index (χ0n) is 22.5. The van der Waals surface area contributed by atoms with Crippen LogP contribution in [0.15, 0.2) is 72.8 Å². The van der Waals surface area contributed by atoms with Gasteiger partial charge < -0.3 is 10.2 Å². The van der Waals surface area contributed by atoms with Crippen LogP contribution in [0.5, 0.6) is 0 Å². The Morgan fingerprint density at radius 2 is 1.55 bits per heavy atom. The van der Waals surface area contributed by atoms with Gasteiger partial charge in [0.2, 0.25) is 21.8 Å². The summed E-state index contributed by atoms with van der Waals surface area (Å²) in [4.78, 5) is 28.8. The van der Waals surface area contributed by atoms with Gasteiger partial charge >= 0.3 is 0 Å². The number of rotatable bonds is 12. The van der Waals surface area contributed by atoms with Crippen molar-refractivity contribution in [2.24, 2.45) is 5.92 Å². The van der Waals surface area contributed by atoms with Crippen molar-refractivity contribution in [3.05, 3.63) is 99.8 Å². The Hall–Kier alpha value is -3.14. The summed E-state index contributed by atoms with van der Waals surface area (Å²) in [5.74, 6) is -1.54. The fourth-order valence-electron chi connectivity index (χ4n) is 4.08. The van der Waals surface area contributed by atoms with E-state index in [1.54, 1.807) is 6.07 Å². The fraction of sp³-hybridized carbons (Fsp3) is 0.310. The summed E-state index contributed by atoms with van der Waals surface area (Å²) in [6, 6.07) is 18.2. The average Bonchev–Trinajstić information content (AvgIpc) is 2.88. The highest BCUT2D eigenvalue weighted by Gasteiger charge is 2.33. The van der Waals surface area contributed by atoms with Crippen LogP contribution < -0.4 is 9.62 Å². The van der Waals surface area contributed by atoms with Crippen LogP contribution in [0.2, 0.25) is 10.0 Å². The third kappa shape index (κ3) is 8.94. The smallest absolute Gasteiger partial charge is 0.244 e. The highest BCUT2D eigenvalue weighted by Crippen LogP contribution is 2.27. The summed E-state index contributed by atoms with van der Waals surface area (Å²) in [7, 11) is -3.99. The van der Waals surface area contributed by atoms with Gasteiger partial charge in [-0.15, -0.1) is 0 Å². The number of carbonyl (C=O) groups is 2. The lowest BCUT2D eigenvalue weighted by molar-refractivity contribution is -0.140. The Balaban J connectivity index is 2.07. The summed E-state index contributed by atoms with van der Waals surface area (Å²) in [6.07, 6.45) is 1.08. The molecule has 0 aliphatic carbocycles. The van der Waals surface area contributed by atoms with Gasteiger partial charge in [0, 0.05) is 35.1 Å². The number of nitrogens with one attached hydrogen (secondary N) is 1.